The molecule has 0 atom stereocenters. The van der Waals surface area contributed by atoms with Crippen LogP contribution in [0.15, 0.2) is 65.7 Å². The predicted molar refractivity (Wildman–Crippen MR) is 144 cm³/mol. The number of sulfone groups is 1. The van der Waals surface area contributed by atoms with E-state index in [1.165, 1.54) is 11.1 Å². The van der Waals surface area contributed by atoms with Crippen LogP contribution in [-0.4, -0.2) is 66.8 Å². The molecule has 0 bridgehead atoms. The first-order chi connectivity index (χ1) is 18.3. The van der Waals surface area contributed by atoms with E-state index in [9.17, 15) is 18.0 Å². The number of likely N-dealkylation sites (tertiary alicyclic amines) is 1. The summed E-state index contributed by atoms with van der Waals surface area (Å²) in [6.07, 6.45) is 2.28. The lowest BCUT2D eigenvalue weighted by atomic mass is 10.0. The van der Waals surface area contributed by atoms with Crippen LogP contribution in [0.5, 0.6) is 0 Å². The van der Waals surface area contributed by atoms with Gasteiger partial charge in [-0.1, -0.05) is 12.1 Å². The van der Waals surface area contributed by atoms with Crippen LogP contribution in [-0.2, 0) is 14.6 Å². The Kier molecular flexibility index (Phi) is 7.27. The van der Waals surface area contributed by atoms with Gasteiger partial charge in [-0.15, -0.1) is 5.10 Å². The van der Waals surface area contributed by atoms with Gasteiger partial charge >= 0.3 is 0 Å². The molecule has 10 heteroatoms. The SMILES string of the molecule is Cc1cccc(C(=O)N2CCC(S(=O)(=O)c3ccc(N(C(=O)C4CNC4)c4cccnn4)cc3)CC2)c1C. The Morgan fingerprint density at radius 1 is 0.974 bits per heavy atom. The fourth-order valence-corrected chi connectivity index (χ4v) is 6.66. The third kappa shape index (κ3) is 4.93. The van der Waals surface area contributed by atoms with Crippen molar-refractivity contribution in [1.29, 1.82) is 0 Å². The molecule has 2 aliphatic rings. The van der Waals surface area contributed by atoms with Crippen LogP contribution in [0.1, 0.15) is 34.3 Å². The monoisotopic (exact) mass is 533 g/mol. The fourth-order valence-electron chi connectivity index (χ4n) is 4.93. The van der Waals surface area contributed by atoms with E-state index in [0.717, 1.165) is 11.1 Å². The van der Waals surface area contributed by atoms with Crippen LogP contribution in [0, 0.1) is 19.8 Å². The van der Waals surface area contributed by atoms with E-state index in [1.54, 1.807) is 41.3 Å². The number of amides is 2. The zero-order valence-electron chi connectivity index (χ0n) is 21.5. The van der Waals surface area contributed by atoms with Crippen molar-refractivity contribution in [3.8, 4) is 0 Å². The summed E-state index contributed by atoms with van der Waals surface area (Å²) in [5.41, 5.74) is 3.22. The van der Waals surface area contributed by atoms with Crippen molar-refractivity contribution in [3.63, 3.8) is 0 Å². The van der Waals surface area contributed by atoms with Gasteiger partial charge in [0.05, 0.1) is 21.8 Å². The zero-order valence-corrected chi connectivity index (χ0v) is 22.3. The number of nitrogens with one attached hydrogen (secondary N) is 1. The Balaban J connectivity index is 1.30. The van der Waals surface area contributed by atoms with Gasteiger partial charge in [0.15, 0.2) is 15.7 Å². The summed E-state index contributed by atoms with van der Waals surface area (Å²) in [7, 11) is -3.61. The van der Waals surface area contributed by atoms with Crippen LogP contribution in [0.3, 0.4) is 0 Å². The number of aromatic nitrogens is 2. The van der Waals surface area contributed by atoms with Crippen molar-refractivity contribution >= 4 is 33.2 Å². The Morgan fingerprint density at radius 3 is 2.29 bits per heavy atom. The highest BCUT2D eigenvalue weighted by molar-refractivity contribution is 7.92. The maximum absolute atomic E-state index is 13.5. The van der Waals surface area contributed by atoms with Gasteiger partial charge in [-0.25, -0.2) is 8.42 Å². The summed E-state index contributed by atoms with van der Waals surface area (Å²) in [6, 6.07) is 15.5. The summed E-state index contributed by atoms with van der Waals surface area (Å²) < 4.78 is 26.9. The van der Waals surface area contributed by atoms with Gasteiger partial charge in [0.2, 0.25) is 5.91 Å². The molecule has 2 aliphatic heterocycles. The van der Waals surface area contributed by atoms with Crippen LogP contribution in [0.2, 0.25) is 0 Å². The molecule has 1 aromatic heterocycles. The molecule has 0 saturated carbocycles. The van der Waals surface area contributed by atoms with Crippen LogP contribution in [0.4, 0.5) is 11.5 Å². The van der Waals surface area contributed by atoms with Crippen LogP contribution < -0.4 is 10.2 Å². The lowest BCUT2D eigenvalue weighted by molar-refractivity contribution is -0.123. The molecule has 9 nitrogen and oxygen atoms in total. The largest absolute Gasteiger partial charge is 0.339 e. The third-order valence-corrected chi connectivity index (χ3v) is 9.84. The van der Waals surface area contributed by atoms with Gasteiger partial charge in [0, 0.05) is 37.9 Å². The minimum absolute atomic E-state index is 0.0539. The molecule has 2 saturated heterocycles. The molecule has 5 rings (SSSR count). The molecule has 0 spiro atoms. The topological polar surface area (TPSA) is 113 Å². The minimum Gasteiger partial charge on any atom is -0.339 e. The van der Waals surface area contributed by atoms with Crippen molar-refractivity contribution in [2.45, 2.75) is 36.8 Å². The first kappa shape index (κ1) is 26.0. The average molecular weight is 534 g/mol. The smallest absolute Gasteiger partial charge is 0.254 e. The summed E-state index contributed by atoms with van der Waals surface area (Å²) in [4.78, 5) is 29.7. The number of aryl methyl sites for hydroxylation is 1. The molecular weight excluding hydrogens is 502 g/mol. The number of nitrogens with zero attached hydrogens (tertiary/aromatic N) is 4. The Bertz CT molecular complexity index is 1430. The third-order valence-electron chi connectivity index (χ3n) is 7.56. The van der Waals surface area contributed by atoms with E-state index in [4.69, 9.17) is 0 Å². The second-order valence-electron chi connectivity index (χ2n) is 9.89. The standard InChI is InChI=1S/C28H31N5O4S/c1-19-5-3-6-25(20(19)2)28(35)32-15-12-24(13-16-32)38(36,37)23-10-8-22(9-11-23)33(26-7-4-14-30-31-26)27(34)21-17-29-18-21/h3-11,14,21,24,29H,12-13,15-18H2,1-2H3. The van der Waals surface area contributed by atoms with Gasteiger partial charge in [0.25, 0.3) is 5.91 Å². The average Bonchev–Trinajstić information content (AvgIpc) is 2.90. The molecule has 3 heterocycles. The zero-order chi connectivity index (χ0) is 26.9. The molecule has 198 valence electrons. The Morgan fingerprint density at radius 2 is 1.68 bits per heavy atom. The van der Waals surface area contributed by atoms with E-state index in [2.05, 4.69) is 15.5 Å². The van der Waals surface area contributed by atoms with Crippen molar-refractivity contribution in [3.05, 3.63) is 77.5 Å². The van der Waals surface area contributed by atoms with E-state index in [0.29, 0.717) is 56.1 Å². The minimum atomic E-state index is -3.61. The summed E-state index contributed by atoms with van der Waals surface area (Å²) in [6.45, 7) is 5.87. The quantitative estimate of drug-likeness (QED) is 0.518. The van der Waals surface area contributed by atoms with Gasteiger partial charge in [-0.2, -0.15) is 5.10 Å². The number of hydrogen-bond donors (Lipinski definition) is 1. The van der Waals surface area contributed by atoms with E-state index < -0.39 is 15.1 Å². The van der Waals surface area contributed by atoms with Gasteiger partial charge in [0.1, 0.15) is 0 Å². The van der Waals surface area contributed by atoms with Gasteiger partial charge < -0.3 is 10.2 Å². The number of piperidine rings is 1. The molecule has 38 heavy (non-hydrogen) atoms. The molecule has 0 unspecified atom stereocenters. The Hall–Kier alpha value is -3.63. The second-order valence-corrected chi connectivity index (χ2v) is 12.1. The Labute approximate surface area is 222 Å². The molecule has 2 amide bonds. The molecule has 2 fully saturated rings. The number of anilines is 2. The summed E-state index contributed by atoms with van der Waals surface area (Å²) in [5, 5.41) is 10.5. The summed E-state index contributed by atoms with van der Waals surface area (Å²) in [5.74, 6) is 0.0559. The maximum atomic E-state index is 13.5. The molecule has 3 aromatic rings. The normalized spacial score (nSPS) is 16.6. The van der Waals surface area contributed by atoms with E-state index >= 15 is 0 Å². The van der Waals surface area contributed by atoms with Crippen molar-refractivity contribution in [2.24, 2.45) is 5.92 Å². The second kappa shape index (κ2) is 10.6. The molecular formula is C28H31N5O4S. The van der Waals surface area contributed by atoms with E-state index in [1.807, 2.05) is 32.0 Å². The lowest BCUT2D eigenvalue weighted by Crippen LogP contribution is -2.51. The lowest BCUT2D eigenvalue weighted by Gasteiger charge is -2.32. The highest BCUT2D eigenvalue weighted by Gasteiger charge is 2.35. The predicted octanol–water partition coefficient (Wildman–Crippen LogP) is 3.06. The number of carbonyl (C=O) groups is 2. The molecule has 2 aromatic carbocycles. The van der Waals surface area contributed by atoms with Crippen LogP contribution in [0.25, 0.3) is 0 Å². The van der Waals surface area contributed by atoms with Gasteiger partial charge in [-0.3, -0.25) is 14.5 Å². The summed E-state index contributed by atoms with van der Waals surface area (Å²) >= 11 is 0. The maximum Gasteiger partial charge on any atom is 0.254 e. The molecule has 0 radical (unpaired) electrons. The molecule has 1 N–H and O–H groups in total. The highest BCUT2D eigenvalue weighted by Crippen LogP contribution is 2.30. The van der Waals surface area contributed by atoms with Crippen molar-refractivity contribution < 1.29 is 18.0 Å². The van der Waals surface area contributed by atoms with Crippen molar-refractivity contribution in [2.75, 3.05) is 31.1 Å². The first-order valence-electron chi connectivity index (χ1n) is 12.8. The number of benzene rings is 2. The number of carbonyl (C=O) groups excluding carboxylic acids is 2. The number of rotatable bonds is 6. The van der Waals surface area contributed by atoms with Gasteiger partial charge in [-0.05, 0) is 80.3 Å². The van der Waals surface area contributed by atoms with Crippen LogP contribution >= 0.6 is 0 Å². The highest BCUT2D eigenvalue weighted by atomic mass is 32.2. The number of hydrogen-bond acceptors (Lipinski definition) is 7. The first-order valence-corrected chi connectivity index (χ1v) is 14.3. The van der Waals surface area contributed by atoms with E-state index in [-0.39, 0.29) is 22.6 Å². The molecule has 0 aliphatic carbocycles. The fraction of sp³-hybridized carbons (Fsp3) is 0.357. The van der Waals surface area contributed by atoms with Crippen molar-refractivity contribution in [1.82, 2.24) is 20.4 Å².